The molecule has 0 amide bonds. The summed E-state index contributed by atoms with van der Waals surface area (Å²) in [5.41, 5.74) is 0. The monoisotopic (exact) mass is 288 g/mol. The van der Waals surface area contributed by atoms with Crippen molar-refractivity contribution >= 4 is 10.0 Å². The SMILES string of the molecule is CCn1ncc(S(=O)(=O)NCC[C@@H]2CCO[C@@H]2C)n1. The summed E-state index contributed by atoms with van der Waals surface area (Å²) in [5, 5.41) is 7.74. The minimum atomic E-state index is -3.54. The fourth-order valence-electron chi connectivity index (χ4n) is 2.16. The lowest BCUT2D eigenvalue weighted by Crippen LogP contribution is -2.28. The second kappa shape index (κ2) is 5.98. The van der Waals surface area contributed by atoms with Crippen molar-refractivity contribution in [3.63, 3.8) is 0 Å². The van der Waals surface area contributed by atoms with Gasteiger partial charge in [0.1, 0.15) is 0 Å². The van der Waals surface area contributed by atoms with Crippen molar-refractivity contribution in [3.8, 4) is 0 Å². The van der Waals surface area contributed by atoms with Crippen LogP contribution < -0.4 is 4.72 Å². The highest BCUT2D eigenvalue weighted by molar-refractivity contribution is 7.89. The largest absolute Gasteiger partial charge is 0.378 e. The molecule has 0 spiro atoms. The van der Waals surface area contributed by atoms with E-state index < -0.39 is 10.0 Å². The van der Waals surface area contributed by atoms with E-state index in [9.17, 15) is 8.42 Å². The van der Waals surface area contributed by atoms with Crippen molar-refractivity contribution in [2.75, 3.05) is 13.2 Å². The van der Waals surface area contributed by atoms with Crippen LogP contribution in [0.1, 0.15) is 26.7 Å². The smallest absolute Gasteiger partial charge is 0.261 e. The Hall–Kier alpha value is -0.990. The molecule has 0 bridgehead atoms. The molecule has 108 valence electrons. The van der Waals surface area contributed by atoms with E-state index in [4.69, 9.17) is 4.74 Å². The van der Waals surface area contributed by atoms with Gasteiger partial charge in [0.05, 0.1) is 18.8 Å². The molecular formula is C11H20N4O3S. The Bertz CT molecular complexity index is 514. The lowest BCUT2D eigenvalue weighted by Gasteiger charge is -2.13. The third-order valence-corrected chi connectivity index (χ3v) is 4.74. The van der Waals surface area contributed by atoms with Crippen LogP contribution in [0.15, 0.2) is 11.2 Å². The molecule has 1 N–H and O–H groups in total. The van der Waals surface area contributed by atoms with E-state index >= 15 is 0 Å². The van der Waals surface area contributed by atoms with Crippen LogP contribution >= 0.6 is 0 Å². The first-order chi connectivity index (χ1) is 9.03. The number of nitrogens with zero attached hydrogens (tertiary/aromatic N) is 3. The lowest BCUT2D eigenvalue weighted by atomic mass is 9.99. The quantitative estimate of drug-likeness (QED) is 0.818. The third kappa shape index (κ3) is 3.52. The molecular weight excluding hydrogens is 268 g/mol. The molecule has 1 saturated heterocycles. The van der Waals surface area contributed by atoms with Crippen LogP contribution in [-0.4, -0.2) is 42.7 Å². The van der Waals surface area contributed by atoms with Crippen molar-refractivity contribution in [1.29, 1.82) is 0 Å². The molecule has 1 aliphatic heterocycles. The van der Waals surface area contributed by atoms with Crippen molar-refractivity contribution in [1.82, 2.24) is 19.7 Å². The molecule has 0 aliphatic carbocycles. The van der Waals surface area contributed by atoms with Crippen LogP contribution in [0.5, 0.6) is 0 Å². The third-order valence-electron chi connectivity index (χ3n) is 3.41. The summed E-state index contributed by atoms with van der Waals surface area (Å²) < 4.78 is 31.9. The van der Waals surface area contributed by atoms with Crippen LogP contribution in [0, 0.1) is 5.92 Å². The van der Waals surface area contributed by atoms with Crippen molar-refractivity contribution in [2.45, 2.75) is 44.4 Å². The normalized spacial score (nSPS) is 23.9. The molecule has 1 aliphatic rings. The topological polar surface area (TPSA) is 86.1 Å². The molecule has 1 aromatic heterocycles. The zero-order valence-corrected chi connectivity index (χ0v) is 12.1. The van der Waals surface area contributed by atoms with E-state index in [0.717, 1.165) is 19.4 Å². The van der Waals surface area contributed by atoms with Crippen LogP contribution in [0.4, 0.5) is 0 Å². The summed E-state index contributed by atoms with van der Waals surface area (Å²) in [6.07, 6.45) is 3.26. The van der Waals surface area contributed by atoms with Gasteiger partial charge >= 0.3 is 0 Å². The van der Waals surface area contributed by atoms with Crippen molar-refractivity contribution in [3.05, 3.63) is 6.20 Å². The van der Waals surface area contributed by atoms with E-state index in [-0.39, 0.29) is 11.1 Å². The Balaban J connectivity index is 1.87. The van der Waals surface area contributed by atoms with Crippen molar-refractivity contribution in [2.24, 2.45) is 5.92 Å². The maximum Gasteiger partial charge on any atom is 0.261 e. The predicted octanol–water partition coefficient (Wildman–Crippen LogP) is 0.391. The Labute approximate surface area is 113 Å². The van der Waals surface area contributed by atoms with Crippen LogP contribution in [0.2, 0.25) is 0 Å². The highest BCUT2D eigenvalue weighted by Crippen LogP contribution is 2.23. The first-order valence-electron chi connectivity index (χ1n) is 6.54. The summed E-state index contributed by atoms with van der Waals surface area (Å²) in [6, 6.07) is 0. The van der Waals surface area contributed by atoms with Gasteiger partial charge in [-0.1, -0.05) is 0 Å². The van der Waals surface area contributed by atoms with Gasteiger partial charge in [-0.3, -0.25) is 0 Å². The van der Waals surface area contributed by atoms with Crippen LogP contribution in [0.3, 0.4) is 0 Å². The number of hydrogen-bond acceptors (Lipinski definition) is 5. The molecule has 19 heavy (non-hydrogen) atoms. The zero-order valence-electron chi connectivity index (χ0n) is 11.2. The molecule has 8 heteroatoms. The minimum absolute atomic E-state index is 0.0231. The molecule has 1 aromatic rings. The Kier molecular flexibility index (Phi) is 4.54. The Morgan fingerprint density at radius 3 is 2.95 bits per heavy atom. The van der Waals surface area contributed by atoms with Gasteiger partial charge in [0.15, 0.2) is 0 Å². The van der Waals surface area contributed by atoms with Gasteiger partial charge < -0.3 is 4.74 Å². The number of nitrogens with one attached hydrogen (secondary N) is 1. The fourth-order valence-corrected chi connectivity index (χ4v) is 3.09. The number of aromatic nitrogens is 3. The van der Waals surface area contributed by atoms with Gasteiger partial charge in [-0.25, -0.2) is 13.1 Å². The molecule has 0 aromatic carbocycles. The predicted molar refractivity (Wildman–Crippen MR) is 69.0 cm³/mol. The number of aryl methyl sites for hydroxylation is 1. The summed E-state index contributed by atoms with van der Waals surface area (Å²) in [5.74, 6) is 0.425. The molecule has 0 saturated carbocycles. The molecule has 7 nitrogen and oxygen atoms in total. The first kappa shape index (κ1) is 14.4. The number of sulfonamides is 1. The molecule has 2 atom stereocenters. The number of ether oxygens (including phenoxy) is 1. The second-order valence-corrected chi connectivity index (χ2v) is 6.40. The van der Waals surface area contributed by atoms with Gasteiger partial charge in [-0.2, -0.15) is 9.90 Å². The molecule has 0 unspecified atom stereocenters. The van der Waals surface area contributed by atoms with Gasteiger partial charge in [0.2, 0.25) is 5.03 Å². The van der Waals surface area contributed by atoms with Gasteiger partial charge in [0, 0.05) is 13.2 Å². The van der Waals surface area contributed by atoms with Crippen LogP contribution in [-0.2, 0) is 21.3 Å². The second-order valence-electron chi connectivity index (χ2n) is 4.68. The van der Waals surface area contributed by atoms with Gasteiger partial charge in [0.25, 0.3) is 10.0 Å². The Morgan fingerprint density at radius 1 is 1.58 bits per heavy atom. The van der Waals surface area contributed by atoms with Gasteiger partial charge in [-0.15, -0.1) is 5.10 Å². The van der Waals surface area contributed by atoms with Crippen LogP contribution in [0.25, 0.3) is 0 Å². The maximum atomic E-state index is 12.0. The highest BCUT2D eigenvalue weighted by atomic mass is 32.2. The number of rotatable bonds is 6. The molecule has 0 radical (unpaired) electrons. The fraction of sp³-hybridized carbons (Fsp3) is 0.818. The van der Waals surface area contributed by atoms with E-state index in [0.29, 0.717) is 19.0 Å². The maximum absolute atomic E-state index is 12.0. The average Bonchev–Trinajstić information content (AvgIpc) is 2.99. The van der Waals surface area contributed by atoms with E-state index in [1.807, 2.05) is 13.8 Å². The minimum Gasteiger partial charge on any atom is -0.378 e. The summed E-state index contributed by atoms with van der Waals surface area (Å²) in [7, 11) is -3.54. The summed E-state index contributed by atoms with van der Waals surface area (Å²) in [6.45, 7) is 5.60. The highest BCUT2D eigenvalue weighted by Gasteiger charge is 2.25. The average molecular weight is 288 g/mol. The lowest BCUT2D eigenvalue weighted by molar-refractivity contribution is 0.104. The molecule has 1 fully saturated rings. The first-order valence-corrected chi connectivity index (χ1v) is 8.02. The van der Waals surface area contributed by atoms with Gasteiger partial charge in [-0.05, 0) is 32.6 Å². The standard InChI is InChI=1S/C11H20N4O3S/c1-3-15-12-8-11(14-15)19(16,17)13-6-4-10-5-7-18-9(10)2/h8-10,13H,3-7H2,1-2H3/t9-,10-/m1/s1. The summed E-state index contributed by atoms with van der Waals surface area (Å²) in [4.78, 5) is 1.35. The molecule has 2 rings (SSSR count). The van der Waals surface area contributed by atoms with E-state index in [1.165, 1.54) is 11.0 Å². The summed E-state index contributed by atoms with van der Waals surface area (Å²) >= 11 is 0. The number of hydrogen-bond donors (Lipinski definition) is 1. The molecule has 2 heterocycles. The van der Waals surface area contributed by atoms with Crippen molar-refractivity contribution < 1.29 is 13.2 Å². The van der Waals surface area contributed by atoms with E-state index in [1.54, 1.807) is 0 Å². The van der Waals surface area contributed by atoms with E-state index in [2.05, 4.69) is 14.9 Å². The zero-order chi connectivity index (χ0) is 13.9. The Morgan fingerprint density at radius 2 is 2.37 bits per heavy atom.